The Balaban J connectivity index is 1.31. The molecule has 1 aromatic carbocycles. The van der Waals surface area contributed by atoms with Crippen LogP contribution in [-0.2, 0) is 11.3 Å². The number of benzene rings is 1. The van der Waals surface area contributed by atoms with Gasteiger partial charge in [0.1, 0.15) is 5.69 Å². The lowest BCUT2D eigenvalue weighted by Crippen LogP contribution is -2.51. The van der Waals surface area contributed by atoms with Crippen molar-refractivity contribution in [1.29, 1.82) is 5.26 Å². The van der Waals surface area contributed by atoms with Gasteiger partial charge in [-0.25, -0.2) is 4.79 Å². The van der Waals surface area contributed by atoms with Crippen molar-refractivity contribution in [1.82, 2.24) is 9.47 Å². The van der Waals surface area contributed by atoms with Crippen LogP contribution in [0.15, 0.2) is 41.2 Å². The molecule has 4 heterocycles. The summed E-state index contributed by atoms with van der Waals surface area (Å²) < 4.78 is 7.38. The van der Waals surface area contributed by atoms with Gasteiger partial charge in [-0.3, -0.25) is 9.69 Å². The molecule has 2 fully saturated rings. The van der Waals surface area contributed by atoms with Gasteiger partial charge in [0.25, 0.3) is 5.56 Å². The molecule has 8 nitrogen and oxygen atoms in total. The molecule has 0 spiro atoms. The SMILES string of the molecule is N#Cc1cccc(NC(=O)Nc2ccc3n(c2=O)C[C@H]2C[C@@H]3CN(C3CCOCC3)C2)c1. The van der Waals surface area contributed by atoms with E-state index in [9.17, 15) is 9.59 Å². The Morgan fingerprint density at radius 3 is 2.75 bits per heavy atom. The molecule has 3 aliphatic heterocycles. The average Bonchev–Trinajstić information content (AvgIpc) is 2.82. The number of carbonyl (C=O) groups is 1. The van der Waals surface area contributed by atoms with E-state index in [2.05, 4.69) is 15.5 Å². The fraction of sp³-hybridized carbons (Fsp3) is 0.458. The Bertz CT molecular complexity index is 1120. The number of anilines is 2. The second-order valence-corrected chi connectivity index (χ2v) is 8.96. The number of nitrogens with one attached hydrogen (secondary N) is 2. The molecule has 0 aliphatic carbocycles. The molecule has 2 bridgehead atoms. The van der Waals surface area contributed by atoms with E-state index in [0.717, 1.165) is 51.3 Å². The van der Waals surface area contributed by atoms with Gasteiger partial charge in [-0.15, -0.1) is 0 Å². The summed E-state index contributed by atoms with van der Waals surface area (Å²) >= 11 is 0. The molecule has 0 unspecified atom stereocenters. The fourth-order valence-corrected chi connectivity index (χ4v) is 5.38. The van der Waals surface area contributed by atoms with Gasteiger partial charge in [0.2, 0.25) is 0 Å². The van der Waals surface area contributed by atoms with Crippen molar-refractivity contribution >= 4 is 17.4 Å². The highest BCUT2D eigenvalue weighted by molar-refractivity contribution is 5.99. The van der Waals surface area contributed by atoms with E-state index in [-0.39, 0.29) is 11.2 Å². The Morgan fingerprint density at radius 1 is 1.09 bits per heavy atom. The van der Waals surface area contributed by atoms with Crippen LogP contribution in [0.4, 0.5) is 16.2 Å². The third-order valence-corrected chi connectivity index (χ3v) is 6.84. The Kier molecular flexibility index (Phi) is 5.68. The number of nitrogens with zero attached hydrogens (tertiary/aromatic N) is 3. The lowest BCUT2D eigenvalue weighted by Gasteiger charge is -2.46. The number of likely N-dealkylation sites (tertiary alicyclic amines) is 1. The van der Waals surface area contributed by atoms with E-state index in [0.29, 0.717) is 35.7 Å². The first kappa shape index (κ1) is 20.7. The van der Waals surface area contributed by atoms with Crippen molar-refractivity contribution < 1.29 is 9.53 Å². The number of rotatable bonds is 3. The summed E-state index contributed by atoms with van der Waals surface area (Å²) in [6, 6.07) is 12.5. The van der Waals surface area contributed by atoms with Crippen LogP contribution in [0.3, 0.4) is 0 Å². The number of pyridine rings is 1. The zero-order valence-corrected chi connectivity index (χ0v) is 17.9. The predicted octanol–water partition coefficient (Wildman–Crippen LogP) is 2.96. The average molecular weight is 434 g/mol. The number of hydrogen-bond donors (Lipinski definition) is 2. The quantitative estimate of drug-likeness (QED) is 0.775. The molecule has 32 heavy (non-hydrogen) atoms. The Morgan fingerprint density at radius 2 is 1.94 bits per heavy atom. The highest BCUT2D eigenvalue weighted by atomic mass is 16.5. The van der Waals surface area contributed by atoms with Gasteiger partial charge in [-0.1, -0.05) is 6.07 Å². The van der Waals surface area contributed by atoms with E-state index in [1.165, 1.54) is 0 Å². The summed E-state index contributed by atoms with van der Waals surface area (Å²) in [5.41, 5.74) is 2.14. The highest BCUT2D eigenvalue weighted by Crippen LogP contribution is 2.37. The third kappa shape index (κ3) is 4.14. The van der Waals surface area contributed by atoms with Crippen molar-refractivity contribution in [3.05, 3.63) is 58.0 Å². The molecule has 1 aromatic heterocycles. The number of aromatic nitrogens is 1. The van der Waals surface area contributed by atoms with Gasteiger partial charge >= 0.3 is 6.03 Å². The van der Waals surface area contributed by atoms with Crippen molar-refractivity contribution in [3.63, 3.8) is 0 Å². The largest absolute Gasteiger partial charge is 0.381 e. The molecule has 2 aromatic rings. The summed E-state index contributed by atoms with van der Waals surface area (Å²) in [4.78, 5) is 28.2. The third-order valence-electron chi connectivity index (χ3n) is 6.84. The van der Waals surface area contributed by atoms with Crippen LogP contribution in [0.25, 0.3) is 0 Å². The van der Waals surface area contributed by atoms with E-state index < -0.39 is 6.03 Å². The van der Waals surface area contributed by atoms with E-state index in [1.54, 1.807) is 30.3 Å². The molecule has 166 valence electrons. The number of nitriles is 1. The number of amides is 2. The maximum absolute atomic E-state index is 13.2. The predicted molar refractivity (Wildman–Crippen MR) is 121 cm³/mol. The molecule has 5 rings (SSSR count). The monoisotopic (exact) mass is 433 g/mol. The summed E-state index contributed by atoms with van der Waals surface area (Å²) in [5.74, 6) is 0.786. The normalized spacial score (nSPS) is 23.1. The lowest BCUT2D eigenvalue weighted by molar-refractivity contribution is 0.00589. The first-order valence-corrected chi connectivity index (χ1v) is 11.2. The molecular formula is C24H27N5O3. The number of carbonyl (C=O) groups excluding carboxylic acids is 1. The standard InChI is InChI=1S/C24H27N5O3/c25-12-16-2-1-3-19(11-16)26-24(31)27-21-4-5-22-18-10-17(14-29(22)23(21)30)13-28(15-18)20-6-8-32-9-7-20/h1-5,11,17-18,20H,6-10,13-15H2,(H2,26,27,31)/t17-,18+/m0/s1. The summed E-state index contributed by atoms with van der Waals surface area (Å²) in [5, 5.41) is 14.4. The van der Waals surface area contributed by atoms with Crippen LogP contribution in [-0.4, -0.2) is 47.8 Å². The zero-order valence-electron chi connectivity index (χ0n) is 17.9. The van der Waals surface area contributed by atoms with Gasteiger partial charge in [0.05, 0.1) is 11.6 Å². The Hall–Kier alpha value is -3.15. The van der Waals surface area contributed by atoms with Gasteiger partial charge in [-0.2, -0.15) is 5.26 Å². The molecule has 8 heteroatoms. The topological polar surface area (TPSA) is 99.4 Å². The van der Waals surface area contributed by atoms with Crippen LogP contribution in [0.1, 0.15) is 36.4 Å². The van der Waals surface area contributed by atoms with Crippen molar-refractivity contribution in [2.24, 2.45) is 5.92 Å². The molecule has 2 atom stereocenters. The summed E-state index contributed by atoms with van der Waals surface area (Å²) in [6.07, 6.45) is 3.28. The molecule has 3 aliphatic rings. The van der Waals surface area contributed by atoms with Crippen LogP contribution < -0.4 is 16.2 Å². The van der Waals surface area contributed by atoms with Crippen molar-refractivity contribution in [2.75, 3.05) is 36.9 Å². The first-order valence-electron chi connectivity index (χ1n) is 11.2. The minimum Gasteiger partial charge on any atom is -0.381 e. The molecule has 0 saturated carbocycles. The second kappa shape index (κ2) is 8.77. The first-order chi connectivity index (χ1) is 15.6. The number of hydrogen-bond acceptors (Lipinski definition) is 5. The van der Waals surface area contributed by atoms with Gasteiger partial charge in [-0.05, 0) is 55.5 Å². The minimum atomic E-state index is -0.501. The molecule has 2 N–H and O–H groups in total. The van der Waals surface area contributed by atoms with Crippen LogP contribution in [0, 0.1) is 17.2 Å². The molecule has 2 amide bonds. The number of urea groups is 1. The maximum atomic E-state index is 13.2. The smallest absolute Gasteiger partial charge is 0.323 e. The van der Waals surface area contributed by atoms with Crippen molar-refractivity contribution in [3.8, 4) is 6.07 Å². The summed E-state index contributed by atoms with van der Waals surface area (Å²) in [6.45, 7) is 4.35. The Labute approximate surface area is 186 Å². The van der Waals surface area contributed by atoms with Crippen LogP contribution in [0.5, 0.6) is 0 Å². The van der Waals surface area contributed by atoms with Gasteiger partial charge in [0, 0.05) is 56.2 Å². The summed E-state index contributed by atoms with van der Waals surface area (Å²) in [7, 11) is 0. The fourth-order valence-electron chi connectivity index (χ4n) is 5.38. The van der Waals surface area contributed by atoms with Gasteiger partial charge in [0.15, 0.2) is 0 Å². The van der Waals surface area contributed by atoms with Crippen LogP contribution in [0.2, 0.25) is 0 Å². The van der Waals surface area contributed by atoms with E-state index in [1.807, 2.05) is 16.7 Å². The molecule has 0 radical (unpaired) electrons. The van der Waals surface area contributed by atoms with E-state index >= 15 is 0 Å². The van der Waals surface area contributed by atoms with E-state index in [4.69, 9.17) is 10.00 Å². The van der Waals surface area contributed by atoms with Crippen LogP contribution >= 0.6 is 0 Å². The second-order valence-electron chi connectivity index (χ2n) is 8.96. The van der Waals surface area contributed by atoms with Crippen molar-refractivity contribution in [2.45, 2.75) is 37.8 Å². The minimum absolute atomic E-state index is 0.155. The number of ether oxygens (including phenoxy) is 1. The maximum Gasteiger partial charge on any atom is 0.323 e. The molecule has 2 saturated heterocycles. The van der Waals surface area contributed by atoms with Gasteiger partial charge < -0.3 is 19.9 Å². The number of piperidine rings is 1. The highest BCUT2D eigenvalue weighted by Gasteiger charge is 2.37. The number of fused-ring (bicyclic) bond motifs is 4. The molecular weight excluding hydrogens is 406 g/mol. The lowest BCUT2D eigenvalue weighted by atomic mass is 9.82. The zero-order chi connectivity index (χ0) is 22.1.